The molecule has 0 aliphatic heterocycles. The maximum absolute atomic E-state index is 13.3. The first-order valence-corrected chi connectivity index (χ1v) is 4.58. The van der Waals surface area contributed by atoms with Gasteiger partial charge in [-0.15, -0.1) is 0 Å². The van der Waals surface area contributed by atoms with Gasteiger partial charge in [0, 0.05) is 5.39 Å². The van der Waals surface area contributed by atoms with Crippen LogP contribution in [0.2, 0.25) is 0 Å². The van der Waals surface area contributed by atoms with Crippen molar-refractivity contribution in [1.82, 2.24) is 10.2 Å². The summed E-state index contributed by atoms with van der Waals surface area (Å²) in [6.45, 7) is 5.77. The Morgan fingerprint density at radius 2 is 2.07 bits per heavy atom. The molecule has 1 N–H and O–H groups in total. The van der Waals surface area contributed by atoms with E-state index in [-0.39, 0.29) is 5.46 Å². The molecule has 0 aliphatic rings. The van der Waals surface area contributed by atoms with E-state index in [4.69, 9.17) is 7.85 Å². The molecule has 1 heterocycles. The molecule has 0 bridgehead atoms. The van der Waals surface area contributed by atoms with Crippen LogP contribution < -0.4 is 5.46 Å². The lowest BCUT2D eigenvalue weighted by Gasteiger charge is -2.01. The monoisotopic (exact) mass is 190 g/mol. The molecule has 72 valence electrons. The summed E-state index contributed by atoms with van der Waals surface area (Å²) in [5, 5.41) is 7.02. The molecule has 4 heteroatoms. The average Bonchev–Trinajstić information content (AvgIpc) is 2.65. The summed E-state index contributed by atoms with van der Waals surface area (Å²) in [4.78, 5) is 0. The lowest BCUT2D eigenvalue weighted by atomic mass is 9.89. The molecule has 1 aromatic heterocycles. The third-order valence-electron chi connectivity index (χ3n) is 1.92. The van der Waals surface area contributed by atoms with Crippen LogP contribution in [0, 0.1) is 12.7 Å². The van der Waals surface area contributed by atoms with Crippen molar-refractivity contribution in [3.63, 3.8) is 0 Å². The Kier molecular flexibility index (Phi) is 3.28. The van der Waals surface area contributed by atoms with Crippen LogP contribution >= 0.6 is 0 Å². The number of benzene rings is 1. The summed E-state index contributed by atoms with van der Waals surface area (Å²) >= 11 is 0. The van der Waals surface area contributed by atoms with Crippen LogP contribution in [0.4, 0.5) is 4.39 Å². The van der Waals surface area contributed by atoms with Crippen molar-refractivity contribution >= 4 is 24.2 Å². The van der Waals surface area contributed by atoms with Crippen molar-refractivity contribution in [2.75, 3.05) is 0 Å². The molecule has 0 saturated heterocycles. The molecule has 0 unspecified atom stereocenters. The van der Waals surface area contributed by atoms with E-state index in [0.29, 0.717) is 5.52 Å². The average molecular weight is 190 g/mol. The van der Waals surface area contributed by atoms with Crippen LogP contribution in [0.3, 0.4) is 0 Å². The third-order valence-corrected chi connectivity index (χ3v) is 1.92. The number of halogens is 1. The second-order valence-electron chi connectivity index (χ2n) is 2.76. The molecule has 2 rings (SSSR count). The Morgan fingerprint density at radius 3 is 2.71 bits per heavy atom. The molecule has 0 saturated carbocycles. The fourth-order valence-corrected chi connectivity index (χ4v) is 1.20. The van der Waals surface area contributed by atoms with E-state index in [9.17, 15) is 4.39 Å². The summed E-state index contributed by atoms with van der Waals surface area (Å²) in [6.07, 6.45) is 1.57. The Balaban J connectivity index is 0.000000461. The van der Waals surface area contributed by atoms with Crippen molar-refractivity contribution in [2.24, 2.45) is 0 Å². The van der Waals surface area contributed by atoms with E-state index >= 15 is 0 Å². The quantitative estimate of drug-likeness (QED) is 0.630. The van der Waals surface area contributed by atoms with Gasteiger partial charge in [-0.1, -0.05) is 24.9 Å². The highest BCUT2D eigenvalue weighted by atomic mass is 19.1. The Hall–Kier alpha value is -1.32. The second-order valence-corrected chi connectivity index (χ2v) is 2.76. The van der Waals surface area contributed by atoms with Crippen LogP contribution in [0.25, 0.3) is 10.9 Å². The number of hydrogen-bond donors (Lipinski definition) is 1. The highest BCUT2D eigenvalue weighted by molar-refractivity contribution is 6.34. The second kappa shape index (κ2) is 4.27. The lowest BCUT2D eigenvalue weighted by Crippen LogP contribution is -2.12. The molecule has 0 aliphatic carbocycles. The molecule has 2 nitrogen and oxygen atoms in total. The summed E-state index contributed by atoms with van der Waals surface area (Å²) in [5.41, 5.74) is 1.30. The first-order chi connectivity index (χ1) is 6.70. The van der Waals surface area contributed by atoms with Gasteiger partial charge in [0.1, 0.15) is 19.2 Å². The van der Waals surface area contributed by atoms with Crippen LogP contribution in [0.1, 0.15) is 19.4 Å². The summed E-state index contributed by atoms with van der Waals surface area (Å²) in [5.74, 6) is -0.414. The molecular weight excluding hydrogens is 178 g/mol. The summed E-state index contributed by atoms with van der Waals surface area (Å²) in [6, 6.07) is 1.80. The largest absolute Gasteiger partial charge is 0.275 e. The first kappa shape index (κ1) is 10.8. The van der Waals surface area contributed by atoms with Crippen LogP contribution in [0.15, 0.2) is 12.3 Å². The van der Waals surface area contributed by atoms with E-state index in [0.717, 1.165) is 10.9 Å². The SMILES string of the molecule is CC.[B]c1c(C)cc2cn[nH]c2c1F. The number of hydrogen-bond acceptors (Lipinski definition) is 1. The minimum atomic E-state index is -0.414. The standard InChI is InChI=1S/C8H6BFN2.C2H6/c1-4-2-5-3-11-12-8(5)7(10)6(4)9;1-2/h2-3H,1H3,(H,11,12);1-2H3. The number of aromatic amines is 1. The molecule has 2 aromatic rings. The number of aromatic nitrogens is 2. The van der Waals surface area contributed by atoms with E-state index < -0.39 is 5.82 Å². The van der Waals surface area contributed by atoms with Crippen molar-refractivity contribution in [1.29, 1.82) is 0 Å². The number of nitrogens with zero attached hydrogens (tertiary/aromatic N) is 1. The van der Waals surface area contributed by atoms with E-state index in [1.54, 1.807) is 19.2 Å². The van der Waals surface area contributed by atoms with Gasteiger partial charge < -0.3 is 0 Å². The Labute approximate surface area is 83.9 Å². The van der Waals surface area contributed by atoms with Gasteiger partial charge in [0.15, 0.2) is 0 Å². The van der Waals surface area contributed by atoms with Crippen molar-refractivity contribution in [2.45, 2.75) is 20.8 Å². The fourth-order valence-electron chi connectivity index (χ4n) is 1.20. The summed E-state index contributed by atoms with van der Waals surface area (Å²) in [7, 11) is 5.48. The van der Waals surface area contributed by atoms with Crippen LogP contribution in [0.5, 0.6) is 0 Å². The molecule has 2 radical (unpaired) electrons. The van der Waals surface area contributed by atoms with E-state index in [2.05, 4.69) is 10.2 Å². The predicted molar refractivity (Wildman–Crippen MR) is 57.5 cm³/mol. The molecule has 0 amide bonds. The predicted octanol–water partition coefficient (Wildman–Crippen LogP) is 1.83. The van der Waals surface area contributed by atoms with Gasteiger partial charge in [-0.2, -0.15) is 5.10 Å². The van der Waals surface area contributed by atoms with E-state index in [1.165, 1.54) is 0 Å². The third kappa shape index (κ3) is 1.64. The van der Waals surface area contributed by atoms with Gasteiger partial charge in [-0.05, 0) is 13.0 Å². The zero-order valence-electron chi connectivity index (χ0n) is 8.56. The van der Waals surface area contributed by atoms with Crippen LogP contribution in [-0.2, 0) is 0 Å². The number of fused-ring (bicyclic) bond motifs is 1. The highest BCUT2D eigenvalue weighted by Crippen LogP contribution is 2.14. The smallest absolute Gasteiger partial charge is 0.142 e. The number of rotatable bonds is 0. The zero-order chi connectivity index (χ0) is 10.7. The molecule has 0 spiro atoms. The minimum absolute atomic E-state index is 0.187. The number of H-pyrrole nitrogens is 1. The Bertz CT molecular complexity index is 437. The molecule has 14 heavy (non-hydrogen) atoms. The van der Waals surface area contributed by atoms with Gasteiger partial charge in [0.25, 0.3) is 0 Å². The minimum Gasteiger partial charge on any atom is -0.275 e. The molecule has 0 atom stereocenters. The van der Waals surface area contributed by atoms with Gasteiger partial charge in [0.2, 0.25) is 0 Å². The topological polar surface area (TPSA) is 28.7 Å². The number of nitrogens with one attached hydrogen (secondary N) is 1. The zero-order valence-corrected chi connectivity index (χ0v) is 8.56. The van der Waals surface area contributed by atoms with Crippen molar-refractivity contribution in [3.05, 3.63) is 23.6 Å². The fraction of sp³-hybridized carbons (Fsp3) is 0.300. The molecular formula is C10H12BFN2. The first-order valence-electron chi connectivity index (χ1n) is 4.58. The highest BCUT2D eigenvalue weighted by Gasteiger charge is 2.07. The molecule has 1 aromatic carbocycles. The van der Waals surface area contributed by atoms with Gasteiger partial charge >= 0.3 is 0 Å². The summed E-state index contributed by atoms with van der Waals surface area (Å²) < 4.78 is 13.3. The Morgan fingerprint density at radius 1 is 1.43 bits per heavy atom. The maximum atomic E-state index is 13.3. The normalized spacial score (nSPS) is 9.71. The number of aryl methyl sites for hydroxylation is 1. The van der Waals surface area contributed by atoms with Crippen molar-refractivity contribution in [3.8, 4) is 0 Å². The maximum Gasteiger partial charge on any atom is 0.142 e. The van der Waals surface area contributed by atoms with Gasteiger partial charge in [0.05, 0.1) is 6.20 Å². The van der Waals surface area contributed by atoms with Gasteiger partial charge in [-0.25, -0.2) is 4.39 Å². The molecule has 0 fully saturated rings. The van der Waals surface area contributed by atoms with Crippen LogP contribution in [-0.4, -0.2) is 18.0 Å². The van der Waals surface area contributed by atoms with E-state index in [1.807, 2.05) is 13.8 Å². The van der Waals surface area contributed by atoms with Crippen molar-refractivity contribution < 1.29 is 4.39 Å². The van der Waals surface area contributed by atoms with Gasteiger partial charge in [-0.3, -0.25) is 5.10 Å². The lowest BCUT2D eigenvalue weighted by molar-refractivity contribution is 0.643.